The van der Waals surface area contributed by atoms with Crippen LogP contribution < -0.4 is 0 Å². The quantitative estimate of drug-likeness (QED) is 0.655. The molecule has 0 unspecified atom stereocenters. The van der Waals surface area contributed by atoms with Crippen LogP contribution >= 0.6 is 0 Å². The summed E-state index contributed by atoms with van der Waals surface area (Å²) in [6, 6.07) is 0. The van der Waals surface area contributed by atoms with Gasteiger partial charge in [-0.25, -0.2) is 4.98 Å². The van der Waals surface area contributed by atoms with Crippen LogP contribution in [0, 0.1) is 6.92 Å². The van der Waals surface area contributed by atoms with Gasteiger partial charge in [-0.2, -0.15) is 0 Å². The van der Waals surface area contributed by atoms with E-state index < -0.39 is 0 Å². The highest BCUT2D eigenvalue weighted by Gasteiger charge is 2.13. The van der Waals surface area contributed by atoms with E-state index in [9.17, 15) is 0 Å². The molecular formula is C10H14N2O. The molecule has 0 aromatic carbocycles. The van der Waals surface area contributed by atoms with Crippen molar-refractivity contribution in [3.63, 3.8) is 0 Å². The van der Waals surface area contributed by atoms with Gasteiger partial charge in [0.1, 0.15) is 5.76 Å². The maximum absolute atomic E-state index is 5.47. The monoisotopic (exact) mass is 178 g/mol. The highest BCUT2D eigenvalue weighted by Crippen LogP contribution is 2.19. The minimum Gasteiger partial charge on any atom is -0.442 e. The Morgan fingerprint density at radius 1 is 1.54 bits per heavy atom. The van der Waals surface area contributed by atoms with Crippen molar-refractivity contribution in [2.45, 2.75) is 13.3 Å². The molecular weight excluding hydrogens is 164 g/mol. The molecule has 0 saturated carbocycles. The van der Waals surface area contributed by atoms with Crippen LogP contribution in [0.5, 0.6) is 0 Å². The van der Waals surface area contributed by atoms with Crippen LogP contribution in [-0.4, -0.2) is 30.0 Å². The Hall–Kier alpha value is -1.09. The van der Waals surface area contributed by atoms with Gasteiger partial charge in [-0.05, 0) is 20.4 Å². The standard InChI is InChI=1S/C10H14N2O/c1-8-6-11-10(13-8)9-4-3-5-12(2)7-9/h4,6H,3,5,7H2,1-2H3. The Kier molecular flexibility index (Phi) is 2.19. The summed E-state index contributed by atoms with van der Waals surface area (Å²) in [6.07, 6.45) is 5.07. The Morgan fingerprint density at radius 2 is 2.38 bits per heavy atom. The normalized spacial score (nSPS) is 18.8. The average Bonchev–Trinajstić information content (AvgIpc) is 2.52. The fourth-order valence-corrected chi connectivity index (χ4v) is 1.55. The summed E-state index contributed by atoms with van der Waals surface area (Å²) >= 11 is 0. The maximum atomic E-state index is 5.47. The molecule has 2 heterocycles. The first-order chi connectivity index (χ1) is 6.25. The van der Waals surface area contributed by atoms with E-state index >= 15 is 0 Å². The molecule has 1 aromatic heterocycles. The zero-order valence-corrected chi connectivity index (χ0v) is 8.08. The lowest BCUT2D eigenvalue weighted by atomic mass is 10.1. The van der Waals surface area contributed by atoms with Crippen LogP contribution in [0.15, 0.2) is 16.7 Å². The molecule has 3 heteroatoms. The van der Waals surface area contributed by atoms with Crippen LogP contribution in [-0.2, 0) is 0 Å². The summed E-state index contributed by atoms with van der Waals surface area (Å²) in [5.41, 5.74) is 1.21. The summed E-state index contributed by atoms with van der Waals surface area (Å²) < 4.78 is 5.47. The van der Waals surface area contributed by atoms with Crippen molar-refractivity contribution in [2.24, 2.45) is 0 Å². The van der Waals surface area contributed by atoms with Gasteiger partial charge >= 0.3 is 0 Å². The van der Waals surface area contributed by atoms with Gasteiger partial charge in [-0.15, -0.1) is 0 Å². The largest absolute Gasteiger partial charge is 0.442 e. The minimum absolute atomic E-state index is 0.782. The van der Waals surface area contributed by atoms with E-state index in [-0.39, 0.29) is 0 Å². The smallest absolute Gasteiger partial charge is 0.223 e. The lowest BCUT2D eigenvalue weighted by molar-refractivity contribution is 0.367. The minimum atomic E-state index is 0.782. The zero-order valence-electron chi connectivity index (χ0n) is 8.08. The molecule has 0 atom stereocenters. The van der Waals surface area contributed by atoms with Gasteiger partial charge in [-0.3, -0.25) is 0 Å². The van der Waals surface area contributed by atoms with Crippen molar-refractivity contribution in [3.05, 3.63) is 23.9 Å². The molecule has 0 aliphatic carbocycles. The number of aryl methyl sites for hydroxylation is 1. The van der Waals surface area contributed by atoms with Crippen molar-refractivity contribution in [1.29, 1.82) is 0 Å². The van der Waals surface area contributed by atoms with Gasteiger partial charge in [0.25, 0.3) is 0 Å². The fraction of sp³-hybridized carbons (Fsp3) is 0.500. The molecule has 1 aromatic rings. The highest BCUT2D eigenvalue weighted by atomic mass is 16.4. The van der Waals surface area contributed by atoms with Crippen molar-refractivity contribution in [1.82, 2.24) is 9.88 Å². The molecule has 0 saturated heterocycles. The summed E-state index contributed by atoms with van der Waals surface area (Å²) in [5.74, 6) is 1.66. The summed E-state index contributed by atoms with van der Waals surface area (Å²) in [6.45, 7) is 3.99. The molecule has 0 spiro atoms. The van der Waals surface area contributed by atoms with E-state index in [1.165, 1.54) is 5.57 Å². The van der Waals surface area contributed by atoms with Crippen LogP contribution in [0.2, 0.25) is 0 Å². The summed E-state index contributed by atoms with van der Waals surface area (Å²) in [7, 11) is 2.11. The van der Waals surface area contributed by atoms with Crippen molar-refractivity contribution < 1.29 is 4.42 Å². The summed E-state index contributed by atoms with van der Waals surface area (Å²) in [4.78, 5) is 6.48. The maximum Gasteiger partial charge on any atom is 0.223 e. The molecule has 1 aliphatic rings. The number of hydrogen-bond acceptors (Lipinski definition) is 3. The van der Waals surface area contributed by atoms with E-state index in [2.05, 4.69) is 23.0 Å². The lowest BCUT2D eigenvalue weighted by Gasteiger charge is -2.20. The molecule has 0 amide bonds. The highest BCUT2D eigenvalue weighted by molar-refractivity contribution is 5.60. The Morgan fingerprint density at radius 3 is 3.00 bits per heavy atom. The molecule has 70 valence electrons. The van der Waals surface area contributed by atoms with Gasteiger partial charge in [0.05, 0.1) is 6.20 Å². The molecule has 1 aliphatic heterocycles. The summed E-state index contributed by atoms with van der Waals surface area (Å²) in [5, 5.41) is 0. The molecule has 0 radical (unpaired) electrons. The van der Waals surface area contributed by atoms with E-state index in [4.69, 9.17) is 4.42 Å². The van der Waals surface area contributed by atoms with E-state index in [1.807, 2.05) is 6.92 Å². The third kappa shape index (κ3) is 1.80. The van der Waals surface area contributed by atoms with Gasteiger partial charge in [0.2, 0.25) is 5.89 Å². The van der Waals surface area contributed by atoms with Gasteiger partial charge in [0, 0.05) is 18.7 Å². The predicted octanol–water partition coefficient (Wildman–Crippen LogP) is 1.70. The Labute approximate surface area is 78.1 Å². The molecule has 0 fully saturated rings. The number of aromatic nitrogens is 1. The van der Waals surface area contributed by atoms with Crippen LogP contribution in [0.25, 0.3) is 5.57 Å². The van der Waals surface area contributed by atoms with Crippen LogP contribution in [0.4, 0.5) is 0 Å². The van der Waals surface area contributed by atoms with Gasteiger partial charge in [-0.1, -0.05) is 6.08 Å². The van der Waals surface area contributed by atoms with Gasteiger partial charge < -0.3 is 9.32 Å². The second-order valence-corrected chi connectivity index (χ2v) is 3.53. The third-order valence-corrected chi connectivity index (χ3v) is 2.24. The van der Waals surface area contributed by atoms with Crippen LogP contribution in [0.1, 0.15) is 18.1 Å². The second kappa shape index (κ2) is 3.34. The number of nitrogens with zero attached hydrogens (tertiary/aromatic N) is 2. The fourth-order valence-electron chi connectivity index (χ4n) is 1.55. The first-order valence-corrected chi connectivity index (χ1v) is 4.56. The molecule has 2 rings (SSSR count). The average molecular weight is 178 g/mol. The molecule has 3 nitrogen and oxygen atoms in total. The Bertz CT molecular complexity index is 327. The second-order valence-electron chi connectivity index (χ2n) is 3.53. The topological polar surface area (TPSA) is 29.3 Å². The van der Waals surface area contributed by atoms with Crippen molar-refractivity contribution >= 4 is 5.57 Å². The Balaban J connectivity index is 2.21. The SMILES string of the molecule is Cc1cnc(C2=CCCN(C)C2)o1. The predicted molar refractivity (Wildman–Crippen MR) is 51.3 cm³/mol. The number of oxazole rings is 1. The van der Waals surface area contributed by atoms with Gasteiger partial charge in [0.15, 0.2) is 0 Å². The van der Waals surface area contributed by atoms with Crippen molar-refractivity contribution in [2.75, 3.05) is 20.1 Å². The van der Waals surface area contributed by atoms with E-state index in [0.717, 1.165) is 31.2 Å². The molecule has 0 N–H and O–H groups in total. The molecule has 0 bridgehead atoms. The first-order valence-electron chi connectivity index (χ1n) is 4.56. The first kappa shape index (κ1) is 8.51. The van der Waals surface area contributed by atoms with E-state index in [0.29, 0.717) is 0 Å². The van der Waals surface area contributed by atoms with E-state index in [1.54, 1.807) is 6.20 Å². The number of likely N-dealkylation sites (N-methyl/N-ethyl adjacent to an activating group) is 1. The lowest BCUT2D eigenvalue weighted by Crippen LogP contribution is -2.24. The van der Waals surface area contributed by atoms with Crippen molar-refractivity contribution in [3.8, 4) is 0 Å². The molecule has 13 heavy (non-hydrogen) atoms. The number of hydrogen-bond donors (Lipinski definition) is 0. The number of rotatable bonds is 1. The zero-order chi connectivity index (χ0) is 9.26. The van der Waals surface area contributed by atoms with Crippen LogP contribution in [0.3, 0.4) is 0 Å². The third-order valence-electron chi connectivity index (χ3n) is 2.24.